The molecule has 0 saturated heterocycles. The molecule has 1 amide bonds. The molecule has 6 heteroatoms. The van der Waals surface area contributed by atoms with Gasteiger partial charge in [0.2, 0.25) is 5.91 Å². The summed E-state index contributed by atoms with van der Waals surface area (Å²) in [5, 5.41) is 4.30. The Morgan fingerprint density at radius 1 is 1.31 bits per heavy atom. The van der Waals surface area contributed by atoms with Gasteiger partial charge in [0.15, 0.2) is 0 Å². The Kier molecular flexibility index (Phi) is 5.61. The molecule has 4 nitrogen and oxygen atoms in total. The van der Waals surface area contributed by atoms with Crippen LogP contribution in [0.1, 0.15) is 31.4 Å². The molecule has 2 aromatic rings. The number of hydrogen-bond acceptors (Lipinski definition) is 2. The van der Waals surface area contributed by atoms with Crippen LogP contribution in [-0.2, 0) is 11.2 Å². The predicted molar refractivity (Wildman–Crippen MR) is 111 cm³/mol. The van der Waals surface area contributed by atoms with Crippen molar-refractivity contribution in [2.75, 3.05) is 26.7 Å². The number of carbonyl (C=O) groups is 1. The fourth-order valence-corrected chi connectivity index (χ4v) is 3.97. The van der Waals surface area contributed by atoms with Crippen LogP contribution in [0.5, 0.6) is 0 Å². The van der Waals surface area contributed by atoms with Gasteiger partial charge in [-0.25, -0.2) is 0 Å². The van der Waals surface area contributed by atoms with E-state index in [-0.39, 0.29) is 11.8 Å². The molecular formula is C20H25B2N3O. The predicted octanol–water partition coefficient (Wildman–Crippen LogP) is 0.789. The molecule has 1 aliphatic rings. The SMILES string of the molecule is [B]c1cc2c3c(c([B])[nH]c3c1)CC/C2=C\[C@H](CNC)C(=O)N(CC)CC. The number of aromatic nitrogens is 1. The summed E-state index contributed by atoms with van der Waals surface area (Å²) in [6, 6.07) is 3.93. The molecule has 1 atom stereocenters. The van der Waals surface area contributed by atoms with Crippen molar-refractivity contribution >= 4 is 49.1 Å². The van der Waals surface area contributed by atoms with Gasteiger partial charge in [-0.15, -0.1) is 0 Å². The quantitative estimate of drug-likeness (QED) is 0.761. The monoisotopic (exact) mass is 345 g/mol. The Hall–Kier alpha value is -1.94. The van der Waals surface area contributed by atoms with Crippen LogP contribution in [0.25, 0.3) is 16.5 Å². The van der Waals surface area contributed by atoms with Gasteiger partial charge in [-0.05, 0) is 62.1 Å². The first-order chi connectivity index (χ1) is 12.5. The number of hydrogen-bond donors (Lipinski definition) is 2. The van der Waals surface area contributed by atoms with Crippen molar-refractivity contribution in [3.8, 4) is 0 Å². The third-order valence-electron chi connectivity index (χ3n) is 5.27. The Morgan fingerprint density at radius 2 is 2.04 bits per heavy atom. The van der Waals surface area contributed by atoms with Crippen molar-refractivity contribution in [1.29, 1.82) is 0 Å². The molecule has 1 heterocycles. The van der Waals surface area contributed by atoms with Crippen molar-refractivity contribution < 1.29 is 4.79 Å². The van der Waals surface area contributed by atoms with Crippen molar-refractivity contribution in [3.05, 3.63) is 29.3 Å². The lowest BCUT2D eigenvalue weighted by Crippen LogP contribution is -2.39. The van der Waals surface area contributed by atoms with Crippen LogP contribution in [0.2, 0.25) is 0 Å². The van der Waals surface area contributed by atoms with Crippen molar-refractivity contribution in [3.63, 3.8) is 0 Å². The Morgan fingerprint density at radius 3 is 2.69 bits per heavy atom. The lowest BCUT2D eigenvalue weighted by atomic mass is 9.80. The third kappa shape index (κ3) is 3.35. The summed E-state index contributed by atoms with van der Waals surface area (Å²) in [4.78, 5) is 18.0. The first-order valence-electron chi connectivity index (χ1n) is 9.34. The summed E-state index contributed by atoms with van der Waals surface area (Å²) in [5.74, 6) is -0.0272. The molecule has 3 rings (SSSR count). The average molecular weight is 345 g/mol. The fourth-order valence-electron chi connectivity index (χ4n) is 3.97. The normalized spacial score (nSPS) is 16.2. The largest absolute Gasteiger partial charge is 0.368 e. The maximum Gasteiger partial charge on any atom is 0.230 e. The first kappa shape index (κ1) is 18.8. The number of H-pyrrole nitrogens is 1. The molecule has 26 heavy (non-hydrogen) atoms. The Balaban J connectivity index is 2.06. The molecule has 1 aromatic heterocycles. The van der Waals surface area contributed by atoms with Crippen molar-refractivity contribution in [2.45, 2.75) is 26.7 Å². The molecule has 0 aliphatic heterocycles. The number of allylic oxidation sites excluding steroid dienone is 1. The zero-order valence-electron chi connectivity index (χ0n) is 15.9. The van der Waals surface area contributed by atoms with E-state index >= 15 is 0 Å². The van der Waals surface area contributed by atoms with E-state index in [9.17, 15) is 4.79 Å². The lowest BCUT2D eigenvalue weighted by molar-refractivity contribution is -0.133. The number of aromatic amines is 1. The number of nitrogens with zero attached hydrogens (tertiary/aromatic N) is 1. The third-order valence-corrected chi connectivity index (χ3v) is 5.27. The van der Waals surface area contributed by atoms with Gasteiger partial charge in [-0.2, -0.15) is 0 Å². The summed E-state index contributed by atoms with van der Waals surface area (Å²) < 4.78 is 0. The highest BCUT2D eigenvalue weighted by atomic mass is 16.2. The highest BCUT2D eigenvalue weighted by molar-refractivity contribution is 6.36. The van der Waals surface area contributed by atoms with Gasteiger partial charge < -0.3 is 15.2 Å². The van der Waals surface area contributed by atoms with Gasteiger partial charge in [0, 0.05) is 30.5 Å². The van der Waals surface area contributed by atoms with Crippen LogP contribution < -0.4 is 16.4 Å². The Bertz CT molecular complexity index is 852. The molecule has 2 N–H and O–H groups in total. The summed E-state index contributed by atoms with van der Waals surface area (Å²) in [7, 11) is 14.1. The second-order valence-corrected chi connectivity index (χ2v) is 6.87. The molecule has 1 aliphatic carbocycles. The van der Waals surface area contributed by atoms with Crippen LogP contribution in [0.15, 0.2) is 18.2 Å². The van der Waals surface area contributed by atoms with Crippen molar-refractivity contribution in [1.82, 2.24) is 15.2 Å². The summed E-state index contributed by atoms with van der Waals surface area (Å²) in [6.45, 7) is 6.09. The molecule has 0 saturated carbocycles. The second-order valence-electron chi connectivity index (χ2n) is 6.87. The number of carbonyl (C=O) groups excluding carboxylic acids is 1. The zero-order valence-corrected chi connectivity index (χ0v) is 15.9. The maximum atomic E-state index is 12.9. The van der Waals surface area contributed by atoms with Gasteiger partial charge >= 0.3 is 0 Å². The van der Waals surface area contributed by atoms with Gasteiger partial charge in [-0.3, -0.25) is 4.79 Å². The van der Waals surface area contributed by atoms with Gasteiger partial charge in [0.05, 0.1) is 5.92 Å². The van der Waals surface area contributed by atoms with Crippen LogP contribution >= 0.6 is 0 Å². The molecular weight excluding hydrogens is 320 g/mol. The van der Waals surface area contributed by atoms with Crippen LogP contribution in [0, 0.1) is 5.92 Å². The average Bonchev–Trinajstić information content (AvgIpc) is 2.93. The summed E-state index contributed by atoms with van der Waals surface area (Å²) in [5.41, 5.74) is 5.83. The standard InChI is InChI=1S/C20H25B2N3O/c1-4-25(5-2)20(26)13(11-23-3)8-12-6-7-15-18-16(12)9-14(21)10-17(18)24-19(15)22/h8-10,13,23-24H,4-7,11H2,1-3H3/b12-8+/t13-/m1/s1. The second kappa shape index (κ2) is 7.75. The van der Waals surface area contributed by atoms with Crippen LogP contribution in [0.4, 0.5) is 0 Å². The van der Waals surface area contributed by atoms with Crippen molar-refractivity contribution in [2.24, 2.45) is 5.92 Å². The molecule has 4 radical (unpaired) electrons. The number of amides is 1. The maximum absolute atomic E-state index is 12.9. The molecule has 0 bridgehead atoms. The van der Waals surface area contributed by atoms with E-state index in [4.69, 9.17) is 15.7 Å². The van der Waals surface area contributed by atoms with Gasteiger partial charge in [0.1, 0.15) is 15.7 Å². The zero-order chi connectivity index (χ0) is 18.8. The highest BCUT2D eigenvalue weighted by Gasteiger charge is 2.24. The van der Waals surface area contributed by atoms with Crippen LogP contribution in [-0.4, -0.2) is 58.2 Å². The molecule has 0 unspecified atom stereocenters. The molecule has 132 valence electrons. The number of aryl methyl sites for hydroxylation is 1. The van der Waals surface area contributed by atoms with E-state index in [0.717, 1.165) is 53.6 Å². The Labute approximate surface area is 158 Å². The van der Waals surface area contributed by atoms with Crippen LogP contribution in [0.3, 0.4) is 0 Å². The van der Waals surface area contributed by atoms with E-state index in [1.807, 2.05) is 37.9 Å². The minimum absolute atomic E-state index is 0.163. The first-order valence-corrected chi connectivity index (χ1v) is 9.34. The fraction of sp³-hybridized carbons (Fsp3) is 0.450. The number of benzene rings is 1. The molecule has 0 fully saturated rings. The van der Waals surface area contributed by atoms with E-state index in [1.54, 1.807) is 0 Å². The highest BCUT2D eigenvalue weighted by Crippen LogP contribution is 2.35. The smallest absolute Gasteiger partial charge is 0.230 e. The topological polar surface area (TPSA) is 48.1 Å². The van der Waals surface area contributed by atoms with E-state index in [1.165, 1.54) is 5.57 Å². The van der Waals surface area contributed by atoms with E-state index in [2.05, 4.69) is 16.4 Å². The van der Waals surface area contributed by atoms with E-state index < -0.39 is 0 Å². The minimum atomic E-state index is -0.191. The van der Waals surface area contributed by atoms with Gasteiger partial charge in [0.25, 0.3) is 0 Å². The minimum Gasteiger partial charge on any atom is -0.368 e. The summed E-state index contributed by atoms with van der Waals surface area (Å²) >= 11 is 0. The van der Waals surface area contributed by atoms with Gasteiger partial charge in [-0.1, -0.05) is 17.6 Å². The van der Waals surface area contributed by atoms with E-state index in [0.29, 0.717) is 12.0 Å². The number of rotatable bonds is 6. The lowest BCUT2D eigenvalue weighted by Gasteiger charge is -2.25. The molecule has 0 spiro atoms. The molecule has 1 aromatic carbocycles. The number of nitrogens with one attached hydrogen (secondary N) is 2. The summed E-state index contributed by atoms with van der Waals surface area (Å²) in [6.07, 6.45) is 3.86.